The number of para-hydroxylation sites is 2. The molecule has 1 amide bonds. The molecule has 1 aliphatic rings. The molecule has 0 radical (unpaired) electrons. The topological polar surface area (TPSA) is 47.6 Å². The van der Waals surface area contributed by atoms with Gasteiger partial charge in [0.05, 0.1) is 7.11 Å². The highest BCUT2D eigenvalue weighted by Gasteiger charge is 2.20. The average molecular weight is 325 g/mol. The van der Waals surface area contributed by atoms with Crippen LogP contribution in [-0.2, 0) is 11.2 Å². The van der Waals surface area contributed by atoms with Gasteiger partial charge in [-0.1, -0.05) is 36.4 Å². The third-order valence-electron chi connectivity index (χ3n) is 4.47. The van der Waals surface area contributed by atoms with Gasteiger partial charge in [0.2, 0.25) is 0 Å². The smallest absolute Gasteiger partial charge is 0.257 e. The highest BCUT2D eigenvalue weighted by Crippen LogP contribution is 2.30. The van der Waals surface area contributed by atoms with Crippen LogP contribution in [0.2, 0.25) is 0 Å². The summed E-state index contributed by atoms with van der Waals surface area (Å²) in [4.78, 5) is 12.1. The van der Waals surface area contributed by atoms with Crippen molar-refractivity contribution < 1.29 is 14.3 Å². The fourth-order valence-electron chi connectivity index (χ4n) is 3.24. The summed E-state index contributed by atoms with van der Waals surface area (Å²) in [7, 11) is 1.59. The molecule has 3 rings (SSSR count). The van der Waals surface area contributed by atoms with Crippen molar-refractivity contribution in [2.24, 2.45) is 0 Å². The van der Waals surface area contributed by atoms with E-state index in [4.69, 9.17) is 9.47 Å². The number of fused-ring (bicyclic) bond motifs is 1. The number of amides is 1. The number of nitrogens with one attached hydrogen (secondary N) is 1. The fourth-order valence-corrected chi connectivity index (χ4v) is 3.24. The molecule has 0 saturated carbocycles. The molecule has 1 aliphatic carbocycles. The molecule has 4 heteroatoms. The lowest BCUT2D eigenvalue weighted by Crippen LogP contribution is -2.33. The Bertz CT molecular complexity index is 699. The van der Waals surface area contributed by atoms with Gasteiger partial charge in [-0.15, -0.1) is 0 Å². The Kier molecular flexibility index (Phi) is 5.36. The van der Waals surface area contributed by atoms with Crippen LogP contribution in [0.3, 0.4) is 0 Å². The first-order chi connectivity index (χ1) is 11.8. The first-order valence-electron chi connectivity index (χ1n) is 8.38. The number of carbonyl (C=O) groups excluding carboxylic acids is 1. The number of hydrogen-bond donors (Lipinski definition) is 1. The Balaban J connectivity index is 1.52. The van der Waals surface area contributed by atoms with Crippen LogP contribution in [0.15, 0.2) is 48.5 Å². The van der Waals surface area contributed by atoms with Crippen molar-refractivity contribution in [3.8, 4) is 11.5 Å². The lowest BCUT2D eigenvalue weighted by atomic mass is 9.83. The van der Waals surface area contributed by atoms with Gasteiger partial charge in [-0.2, -0.15) is 0 Å². The summed E-state index contributed by atoms with van der Waals surface area (Å²) >= 11 is 0. The zero-order chi connectivity index (χ0) is 16.8. The van der Waals surface area contributed by atoms with Gasteiger partial charge in [0.25, 0.3) is 5.91 Å². The van der Waals surface area contributed by atoms with Gasteiger partial charge >= 0.3 is 0 Å². The Hall–Kier alpha value is -2.49. The summed E-state index contributed by atoms with van der Waals surface area (Å²) < 4.78 is 10.8. The standard InChI is InChI=1S/C20H23NO3/c1-23-18-11-4-5-12-19(18)24-14-20(22)21-13-16-9-6-8-15-7-2-3-10-17(15)16/h2-5,7,10-12,16H,6,8-9,13-14H2,1H3,(H,21,22). The largest absolute Gasteiger partial charge is 0.493 e. The third kappa shape index (κ3) is 3.88. The molecule has 1 atom stereocenters. The molecule has 0 fully saturated rings. The number of ether oxygens (including phenoxy) is 2. The van der Waals surface area contributed by atoms with Crippen molar-refractivity contribution in [1.82, 2.24) is 5.32 Å². The summed E-state index contributed by atoms with van der Waals surface area (Å²) in [5.74, 6) is 1.50. The monoisotopic (exact) mass is 325 g/mol. The van der Waals surface area contributed by atoms with Crippen LogP contribution < -0.4 is 14.8 Å². The number of hydrogen-bond acceptors (Lipinski definition) is 3. The molecule has 0 aliphatic heterocycles. The van der Waals surface area contributed by atoms with Crippen LogP contribution in [0.4, 0.5) is 0 Å². The van der Waals surface area contributed by atoms with Gasteiger partial charge in [0.1, 0.15) is 0 Å². The Morgan fingerprint density at radius 2 is 1.88 bits per heavy atom. The molecule has 4 nitrogen and oxygen atoms in total. The Morgan fingerprint density at radius 3 is 2.71 bits per heavy atom. The first kappa shape index (κ1) is 16.4. The van der Waals surface area contributed by atoms with Crippen molar-refractivity contribution in [3.63, 3.8) is 0 Å². The van der Waals surface area contributed by atoms with E-state index in [9.17, 15) is 4.79 Å². The molecule has 126 valence electrons. The molecular formula is C20H23NO3. The van der Waals surface area contributed by atoms with Crippen molar-refractivity contribution in [3.05, 3.63) is 59.7 Å². The van der Waals surface area contributed by atoms with Gasteiger partial charge in [-0.3, -0.25) is 4.79 Å². The second-order valence-corrected chi connectivity index (χ2v) is 6.03. The number of carbonyl (C=O) groups is 1. The molecular weight excluding hydrogens is 302 g/mol. The minimum Gasteiger partial charge on any atom is -0.493 e. The Morgan fingerprint density at radius 1 is 1.12 bits per heavy atom. The van der Waals surface area contributed by atoms with Crippen LogP contribution in [0.1, 0.15) is 29.9 Å². The highest BCUT2D eigenvalue weighted by molar-refractivity contribution is 5.77. The van der Waals surface area contributed by atoms with Gasteiger partial charge < -0.3 is 14.8 Å². The van der Waals surface area contributed by atoms with Crippen molar-refractivity contribution in [1.29, 1.82) is 0 Å². The predicted molar refractivity (Wildman–Crippen MR) is 93.6 cm³/mol. The first-order valence-corrected chi connectivity index (χ1v) is 8.38. The van der Waals surface area contributed by atoms with Crippen molar-refractivity contribution in [2.75, 3.05) is 20.3 Å². The van der Waals surface area contributed by atoms with Crippen molar-refractivity contribution >= 4 is 5.91 Å². The van der Waals surface area contributed by atoms with Crippen molar-refractivity contribution in [2.45, 2.75) is 25.2 Å². The highest BCUT2D eigenvalue weighted by atomic mass is 16.5. The zero-order valence-electron chi connectivity index (χ0n) is 14.0. The average Bonchev–Trinajstić information content (AvgIpc) is 2.64. The second kappa shape index (κ2) is 7.86. The van der Waals surface area contributed by atoms with E-state index in [2.05, 4.69) is 29.6 Å². The molecule has 24 heavy (non-hydrogen) atoms. The summed E-state index contributed by atoms with van der Waals surface area (Å²) in [6.07, 6.45) is 3.43. The minimum atomic E-state index is -0.107. The molecule has 0 bridgehead atoms. The minimum absolute atomic E-state index is 0.00522. The molecule has 1 N–H and O–H groups in total. The van der Waals surface area contributed by atoms with E-state index in [1.165, 1.54) is 17.5 Å². The summed E-state index contributed by atoms with van der Waals surface area (Å²) in [5, 5.41) is 3.00. The second-order valence-electron chi connectivity index (χ2n) is 6.03. The normalized spacial score (nSPS) is 16.1. The molecule has 1 unspecified atom stereocenters. The van der Waals surface area contributed by atoms with Crippen LogP contribution in [0.5, 0.6) is 11.5 Å². The lowest BCUT2D eigenvalue weighted by molar-refractivity contribution is -0.123. The van der Waals surface area contributed by atoms with Crippen LogP contribution in [-0.4, -0.2) is 26.2 Å². The van der Waals surface area contributed by atoms with Gasteiger partial charge in [0.15, 0.2) is 18.1 Å². The van der Waals surface area contributed by atoms with Crippen LogP contribution in [0, 0.1) is 0 Å². The maximum absolute atomic E-state index is 12.1. The summed E-state index contributed by atoms with van der Waals surface area (Å²) in [6, 6.07) is 15.9. The Labute approximate surface area is 142 Å². The van der Waals surface area contributed by atoms with Gasteiger partial charge in [-0.25, -0.2) is 0 Å². The molecule has 0 aromatic heterocycles. The number of aryl methyl sites for hydroxylation is 1. The number of methoxy groups -OCH3 is 1. The molecule has 0 saturated heterocycles. The maximum atomic E-state index is 12.1. The number of rotatable bonds is 6. The summed E-state index contributed by atoms with van der Waals surface area (Å²) in [5.41, 5.74) is 2.78. The predicted octanol–water partition coefficient (Wildman–Crippen LogP) is 3.31. The van der Waals surface area contributed by atoms with E-state index < -0.39 is 0 Å². The van der Waals surface area contributed by atoms with E-state index in [0.717, 1.165) is 12.8 Å². The third-order valence-corrected chi connectivity index (χ3v) is 4.47. The maximum Gasteiger partial charge on any atom is 0.257 e. The number of benzene rings is 2. The van der Waals surface area contributed by atoms with E-state index >= 15 is 0 Å². The van der Waals surface area contributed by atoms with E-state index in [1.807, 2.05) is 18.2 Å². The lowest BCUT2D eigenvalue weighted by Gasteiger charge is -2.25. The van der Waals surface area contributed by atoms with E-state index in [0.29, 0.717) is 24.0 Å². The van der Waals surface area contributed by atoms with E-state index in [-0.39, 0.29) is 12.5 Å². The molecule has 0 heterocycles. The van der Waals surface area contributed by atoms with Gasteiger partial charge in [-0.05, 0) is 42.5 Å². The molecule has 2 aromatic rings. The van der Waals surface area contributed by atoms with Crippen LogP contribution >= 0.6 is 0 Å². The zero-order valence-corrected chi connectivity index (χ0v) is 14.0. The van der Waals surface area contributed by atoms with E-state index in [1.54, 1.807) is 13.2 Å². The SMILES string of the molecule is COc1ccccc1OCC(=O)NCC1CCCc2ccccc21. The molecule has 2 aromatic carbocycles. The summed E-state index contributed by atoms with van der Waals surface area (Å²) in [6.45, 7) is 0.653. The fraction of sp³-hybridized carbons (Fsp3) is 0.350. The molecule has 0 spiro atoms. The quantitative estimate of drug-likeness (QED) is 0.886. The van der Waals surface area contributed by atoms with Crippen LogP contribution in [0.25, 0.3) is 0 Å². The van der Waals surface area contributed by atoms with Gasteiger partial charge in [0, 0.05) is 12.5 Å².